The zero-order chi connectivity index (χ0) is 8.39. The summed E-state index contributed by atoms with van der Waals surface area (Å²) in [6.45, 7) is 0. The number of hydrogen-bond donors (Lipinski definition) is 0. The van der Waals surface area contributed by atoms with Crippen molar-refractivity contribution < 1.29 is 4.79 Å². The van der Waals surface area contributed by atoms with Gasteiger partial charge in [0.1, 0.15) is 0 Å². The van der Waals surface area contributed by atoms with Crippen LogP contribution in [0, 0.1) is 11.8 Å². The number of hydrogen-bond acceptors (Lipinski definition) is 1. The summed E-state index contributed by atoms with van der Waals surface area (Å²) < 4.78 is 0. The van der Waals surface area contributed by atoms with Gasteiger partial charge in [0.15, 0.2) is 0 Å². The lowest BCUT2D eigenvalue weighted by atomic mass is 9.79. The smallest absolute Gasteiger partial charge is 0.249 e. The number of nitrogens with zero attached hydrogens (tertiary/aromatic N) is 1. The highest BCUT2D eigenvalue weighted by Crippen LogP contribution is 2.33. The number of rotatable bonds is 1. The van der Waals surface area contributed by atoms with E-state index in [-0.39, 0.29) is 11.8 Å². The molecule has 1 heterocycles. The molecule has 0 aromatic heterocycles. The predicted molar refractivity (Wildman–Crippen MR) is 48.2 cm³/mol. The van der Waals surface area contributed by atoms with Crippen molar-refractivity contribution in [1.82, 2.24) is 0 Å². The second kappa shape index (κ2) is 3.38. The molecule has 1 atom stereocenters. The average molecular weight is 165 g/mol. The molecule has 2 rings (SSSR count). The summed E-state index contributed by atoms with van der Waals surface area (Å²) in [7, 11) is 0. The van der Waals surface area contributed by atoms with Crippen molar-refractivity contribution in [2.45, 2.75) is 38.5 Å². The topological polar surface area (TPSA) is 29.4 Å². The molecule has 0 bridgehead atoms. The fourth-order valence-corrected chi connectivity index (χ4v) is 2.38. The summed E-state index contributed by atoms with van der Waals surface area (Å²) >= 11 is 0. The van der Waals surface area contributed by atoms with Gasteiger partial charge in [0, 0.05) is 12.1 Å². The Balaban J connectivity index is 1.95. The zero-order valence-corrected chi connectivity index (χ0v) is 7.33. The summed E-state index contributed by atoms with van der Waals surface area (Å²) in [5.74, 6) is 1.04. The van der Waals surface area contributed by atoms with Crippen LogP contribution in [-0.4, -0.2) is 12.1 Å². The minimum Gasteiger partial charge on any atom is -0.272 e. The van der Waals surface area contributed by atoms with Crippen LogP contribution in [0.4, 0.5) is 0 Å². The molecule has 1 unspecified atom stereocenters. The van der Waals surface area contributed by atoms with Crippen LogP contribution in [0.1, 0.15) is 38.5 Å². The number of aliphatic imine (C=N–C) groups is 1. The van der Waals surface area contributed by atoms with E-state index in [1.807, 2.05) is 0 Å². The number of amides is 1. The van der Waals surface area contributed by atoms with Gasteiger partial charge in [-0.1, -0.05) is 19.3 Å². The lowest BCUT2D eigenvalue weighted by molar-refractivity contribution is -0.122. The van der Waals surface area contributed by atoms with Crippen LogP contribution in [0.25, 0.3) is 0 Å². The Labute approximate surface area is 73.1 Å². The molecule has 0 spiro atoms. The molecule has 1 fully saturated rings. The molecule has 0 saturated heterocycles. The third-order valence-electron chi connectivity index (χ3n) is 3.11. The predicted octanol–water partition coefficient (Wildman–Crippen LogP) is 2.18. The Hall–Kier alpha value is -0.660. The van der Waals surface area contributed by atoms with E-state index in [0.29, 0.717) is 5.92 Å². The molecule has 1 amide bonds. The summed E-state index contributed by atoms with van der Waals surface area (Å²) in [5, 5.41) is 0. The Morgan fingerprint density at radius 2 is 2.00 bits per heavy atom. The minimum atomic E-state index is 0.141. The molecule has 1 saturated carbocycles. The van der Waals surface area contributed by atoms with Gasteiger partial charge < -0.3 is 0 Å². The van der Waals surface area contributed by atoms with Gasteiger partial charge in [-0.3, -0.25) is 4.79 Å². The first-order valence-electron chi connectivity index (χ1n) is 4.94. The minimum absolute atomic E-state index is 0.141. The van der Waals surface area contributed by atoms with Gasteiger partial charge in [0.05, 0.1) is 0 Å². The second-order valence-electron chi connectivity index (χ2n) is 3.89. The van der Waals surface area contributed by atoms with E-state index in [4.69, 9.17) is 0 Å². The van der Waals surface area contributed by atoms with Crippen LogP contribution in [0.15, 0.2) is 4.99 Å². The van der Waals surface area contributed by atoms with Crippen LogP contribution >= 0.6 is 0 Å². The normalized spacial score (nSPS) is 31.3. The molecule has 0 N–H and O–H groups in total. The first-order valence-corrected chi connectivity index (χ1v) is 4.94. The van der Waals surface area contributed by atoms with Gasteiger partial charge in [-0.2, -0.15) is 0 Å². The first-order chi connectivity index (χ1) is 5.88. The van der Waals surface area contributed by atoms with E-state index in [1.54, 1.807) is 6.21 Å². The maximum absolute atomic E-state index is 11.3. The van der Waals surface area contributed by atoms with Crippen molar-refractivity contribution in [3.8, 4) is 0 Å². The summed E-state index contributed by atoms with van der Waals surface area (Å²) in [4.78, 5) is 15.1. The Morgan fingerprint density at radius 1 is 1.25 bits per heavy atom. The second-order valence-corrected chi connectivity index (χ2v) is 3.89. The molecule has 2 aliphatic rings. The summed E-state index contributed by atoms with van der Waals surface area (Å²) in [5.41, 5.74) is 0. The van der Waals surface area contributed by atoms with Gasteiger partial charge >= 0.3 is 0 Å². The van der Waals surface area contributed by atoms with Crippen molar-refractivity contribution in [2.24, 2.45) is 16.8 Å². The molecule has 1 aliphatic heterocycles. The Morgan fingerprint density at radius 3 is 2.58 bits per heavy atom. The third-order valence-corrected chi connectivity index (χ3v) is 3.11. The van der Waals surface area contributed by atoms with Crippen molar-refractivity contribution >= 4 is 12.1 Å². The highest BCUT2D eigenvalue weighted by molar-refractivity contribution is 5.93. The fraction of sp³-hybridized carbons (Fsp3) is 0.800. The standard InChI is InChI=1S/C10H15NO/c12-10-9(6-7-11-10)8-4-2-1-3-5-8/h7-9H,1-6H2. The van der Waals surface area contributed by atoms with Crippen LogP contribution in [0.2, 0.25) is 0 Å². The van der Waals surface area contributed by atoms with E-state index < -0.39 is 0 Å². The Kier molecular flexibility index (Phi) is 2.24. The van der Waals surface area contributed by atoms with Crippen LogP contribution in [0.3, 0.4) is 0 Å². The molecule has 0 aromatic rings. The van der Waals surface area contributed by atoms with E-state index in [1.165, 1.54) is 32.1 Å². The van der Waals surface area contributed by atoms with Gasteiger partial charge in [0.2, 0.25) is 5.91 Å². The van der Waals surface area contributed by atoms with Crippen molar-refractivity contribution in [3.05, 3.63) is 0 Å². The van der Waals surface area contributed by atoms with Crippen molar-refractivity contribution in [3.63, 3.8) is 0 Å². The number of carbonyl (C=O) groups is 1. The van der Waals surface area contributed by atoms with Crippen molar-refractivity contribution in [1.29, 1.82) is 0 Å². The quantitative estimate of drug-likeness (QED) is 0.585. The summed E-state index contributed by atoms with van der Waals surface area (Å²) in [6, 6.07) is 0. The number of carbonyl (C=O) groups excluding carboxylic acids is 1. The van der Waals surface area contributed by atoms with Crippen LogP contribution in [-0.2, 0) is 4.79 Å². The monoisotopic (exact) mass is 165 g/mol. The SMILES string of the molecule is O=C1N=CCC1C1CCCCC1. The molecule has 12 heavy (non-hydrogen) atoms. The molecule has 1 aliphatic carbocycles. The maximum atomic E-state index is 11.3. The molecular formula is C10H15NO. The average Bonchev–Trinajstić information content (AvgIpc) is 2.53. The van der Waals surface area contributed by atoms with Gasteiger partial charge in [0.25, 0.3) is 0 Å². The molecule has 0 radical (unpaired) electrons. The maximum Gasteiger partial charge on any atom is 0.249 e. The third kappa shape index (κ3) is 1.43. The molecular weight excluding hydrogens is 150 g/mol. The van der Waals surface area contributed by atoms with Gasteiger partial charge in [-0.25, -0.2) is 4.99 Å². The molecule has 0 aromatic carbocycles. The first kappa shape index (κ1) is 7.96. The van der Waals surface area contributed by atoms with Gasteiger partial charge in [-0.05, 0) is 25.2 Å². The lowest BCUT2D eigenvalue weighted by Gasteiger charge is -2.25. The molecule has 2 nitrogen and oxygen atoms in total. The van der Waals surface area contributed by atoms with Gasteiger partial charge in [-0.15, -0.1) is 0 Å². The largest absolute Gasteiger partial charge is 0.272 e. The van der Waals surface area contributed by atoms with E-state index in [0.717, 1.165) is 6.42 Å². The van der Waals surface area contributed by atoms with E-state index in [9.17, 15) is 4.79 Å². The van der Waals surface area contributed by atoms with E-state index in [2.05, 4.69) is 4.99 Å². The van der Waals surface area contributed by atoms with Crippen LogP contribution < -0.4 is 0 Å². The van der Waals surface area contributed by atoms with Crippen LogP contribution in [0.5, 0.6) is 0 Å². The van der Waals surface area contributed by atoms with E-state index >= 15 is 0 Å². The highest BCUT2D eigenvalue weighted by atomic mass is 16.1. The lowest BCUT2D eigenvalue weighted by Crippen LogP contribution is -2.21. The highest BCUT2D eigenvalue weighted by Gasteiger charge is 2.30. The zero-order valence-electron chi connectivity index (χ0n) is 7.33. The molecule has 66 valence electrons. The fourth-order valence-electron chi connectivity index (χ4n) is 2.38. The van der Waals surface area contributed by atoms with Crippen molar-refractivity contribution in [2.75, 3.05) is 0 Å². The molecule has 2 heteroatoms. The Bertz CT molecular complexity index is 204. The summed E-state index contributed by atoms with van der Waals surface area (Å²) in [6.07, 6.45) is 9.19.